The van der Waals surface area contributed by atoms with E-state index in [-0.39, 0.29) is 0 Å². The third kappa shape index (κ3) is 3.73. The molecule has 40 valence electrons. The Labute approximate surface area is 57.0 Å². The molecule has 0 radical (unpaired) electrons. The Morgan fingerprint density at radius 3 is 0.875 bits per heavy atom. The Morgan fingerprint density at radius 2 is 0.750 bits per heavy atom. The van der Waals surface area contributed by atoms with Crippen LogP contribution in [0.15, 0.2) is 36.4 Å². The maximum atomic E-state index is 8.28. The van der Waals surface area contributed by atoms with Crippen molar-refractivity contribution >= 4 is 16.2 Å². The monoisotopic (exact) mass is 122 g/mol. The summed E-state index contributed by atoms with van der Waals surface area (Å²) < 4.78 is 8.28. The molecule has 0 aromatic heterocycles. The molecular formula is C6H7AlO. The molecule has 1 nitrogen and oxygen atoms in total. The fraction of sp³-hybridized carbons (Fsp3) is 0. The first-order valence-electron chi connectivity index (χ1n) is 2.29. The van der Waals surface area contributed by atoms with Crippen LogP contribution in [0.3, 0.4) is 0 Å². The van der Waals surface area contributed by atoms with Crippen LogP contribution < -0.4 is 0 Å². The van der Waals surface area contributed by atoms with Gasteiger partial charge in [-0.15, -0.1) is 0 Å². The van der Waals surface area contributed by atoms with E-state index >= 15 is 0 Å². The molecule has 0 saturated carbocycles. The van der Waals surface area contributed by atoms with Crippen LogP contribution >= 0.6 is 0 Å². The molecule has 0 aliphatic rings. The molecule has 0 bridgehead atoms. The predicted octanol–water partition coefficient (Wildman–Crippen LogP) is 0.919. The first-order valence-corrected chi connectivity index (χ1v) is 2.87. The van der Waals surface area contributed by atoms with Gasteiger partial charge in [-0.3, -0.25) is 0 Å². The molecule has 0 spiro atoms. The van der Waals surface area contributed by atoms with Gasteiger partial charge >= 0.3 is 20.0 Å². The van der Waals surface area contributed by atoms with E-state index in [0.717, 1.165) is 0 Å². The first-order chi connectivity index (χ1) is 4.00. The second kappa shape index (κ2) is 6.55. The molecule has 0 saturated heterocycles. The molecule has 1 aromatic rings. The Morgan fingerprint density at radius 1 is 0.625 bits per heavy atom. The Bertz CT molecular complexity index is 91.4. The fourth-order valence-electron chi connectivity index (χ4n) is 0.385. The summed E-state index contributed by atoms with van der Waals surface area (Å²) in [5.74, 6) is 0. The van der Waals surface area contributed by atoms with Crippen molar-refractivity contribution in [2.45, 2.75) is 0 Å². The molecule has 1 aromatic carbocycles. The summed E-state index contributed by atoms with van der Waals surface area (Å²) in [5.41, 5.74) is 0. The van der Waals surface area contributed by atoms with Gasteiger partial charge in [0.1, 0.15) is 0 Å². The summed E-state index contributed by atoms with van der Waals surface area (Å²) in [6, 6.07) is 12.0. The molecule has 2 heteroatoms. The van der Waals surface area contributed by atoms with Gasteiger partial charge in [-0.2, -0.15) is 0 Å². The smallest absolute Gasteiger partial charge is 0.0623 e. The summed E-state index contributed by atoms with van der Waals surface area (Å²) in [5, 5.41) is 0. The second-order valence-corrected chi connectivity index (χ2v) is 1.15. The van der Waals surface area contributed by atoms with Crippen molar-refractivity contribution < 1.29 is 3.80 Å². The number of hydrogen-bond acceptors (Lipinski definition) is 1. The van der Waals surface area contributed by atoms with Gasteiger partial charge in [0.2, 0.25) is 0 Å². The van der Waals surface area contributed by atoms with E-state index in [9.17, 15) is 0 Å². The van der Waals surface area contributed by atoms with Crippen molar-refractivity contribution in [1.82, 2.24) is 0 Å². The average molecular weight is 122 g/mol. The topological polar surface area (TPSA) is 17.1 Å². The van der Waals surface area contributed by atoms with E-state index in [0.29, 0.717) is 16.2 Å². The minimum absolute atomic E-state index is 0.611. The van der Waals surface area contributed by atoms with Crippen molar-refractivity contribution in [3.63, 3.8) is 0 Å². The zero-order valence-corrected chi connectivity index (χ0v) is 5.99. The van der Waals surface area contributed by atoms with Gasteiger partial charge in [-0.05, 0) is 0 Å². The molecule has 8 heavy (non-hydrogen) atoms. The van der Waals surface area contributed by atoms with Gasteiger partial charge in [0.25, 0.3) is 0 Å². The Kier molecular flexibility index (Phi) is 6.19. The van der Waals surface area contributed by atoms with Gasteiger partial charge in [0.15, 0.2) is 0 Å². The van der Waals surface area contributed by atoms with Crippen molar-refractivity contribution in [3.05, 3.63) is 36.4 Å². The molecular weight excluding hydrogens is 115 g/mol. The summed E-state index contributed by atoms with van der Waals surface area (Å²) in [6.45, 7) is 0. The molecule has 0 N–H and O–H groups in total. The second-order valence-electron chi connectivity index (χ2n) is 1.15. The largest absolute Gasteiger partial charge is 0.0623 e. The molecule has 0 unspecified atom stereocenters. The van der Waals surface area contributed by atoms with E-state index in [1.165, 1.54) is 0 Å². The molecule has 0 heterocycles. The van der Waals surface area contributed by atoms with Crippen molar-refractivity contribution in [3.8, 4) is 0 Å². The van der Waals surface area contributed by atoms with E-state index in [1.54, 1.807) is 0 Å². The molecule has 0 amide bonds. The number of hydrogen-bond donors (Lipinski definition) is 0. The average Bonchev–Trinajstić information content (AvgIpc) is 1.96. The molecule has 0 aliphatic heterocycles. The molecule has 0 fully saturated rings. The Balaban J connectivity index is 0.000000222. The van der Waals surface area contributed by atoms with Crippen LogP contribution in [0, 0.1) is 0 Å². The van der Waals surface area contributed by atoms with E-state index < -0.39 is 0 Å². The van der Waals surface area contributed by atoms with Crippen molar-refractivity contribution in [2.24, 2.45) is 0 Å². The first kappa shape index (κ1) is 7.55. The summed E-state index contributed by atoms with van der Waals surface area (Å²) in [6.07, 6.45) is 0. The summed E-state index contributed by atoms with van der Waals surface area (Å²) in [7, 11) is 0. The van der Waals surface area contributed by atoms with Crippen LogP contribution in [0.5, 0.6) is 0 Å². The quantitative estimate of drug-likeness (QED) is 0.467. The normalized spacial score (nSPS) is 6.38. The maximum Gasteiger partial charge on any atom is -0.0623 e. The van der Waals surface area contributed by atoms with E-state index in [2.05, 4.69) is 0 Å². The molecule has 0 aliphatic carbocycles. The van der Waals surface area contributed by atoms with Gasteiger partial charge < -0.3 is 0 Å². The minimum atomic E-state index is 0.611. The van der Waals surface area contributed by atoms with Crippen LogP contribution in [0.1, 0.15) is 0 Å². The third-order valence-corrected chi connectivity index (χ3v) is 0.667. The fourth-order valence-corrected chi connectivity index (χ4v) is 0.385. The predicted molar refractivity (Wildman–Crippen MR) is 34.3 cm³/mol. The molecule has 0 atom stereocenters. The van der Waals surface area contributed by atoms with Crippen molar-refractivity contribution in [1.29, 1.82) is 0 Å². The minimum Gasteiger partial charge on any atom is -0.0623 e. The van der Waals surface area contributed by atoms with Crippen LogP contribution in [0.4, 0.5) is 0 Å². The Hall–Kier alpha value is -0.448. The van der Waals surface area contributed by atoms with Crippen LogP contribution in [0.2, 0.25) is 0 Å². The molecule has 1 rings (SSSR count). The van der Waals surface area contributed by atoms with Crippen LogP contribution in [-0.2, 0) is 3.80 Å². The van der Waals surface area contributed by atoms with Crippen LogP contribution in [0.25, 0.3) is 0 Å². The zero-order valence-electron chi connectivity index (χ0n) is 4.58. The van der Waals surface area contributed by atoms with E-state index in [1.807, 2.05) is 36.4 Å². The third-order valence-electron chi connectivity index (χ3n) is 0.667. The maximum absolute atomic E-state index is 8.28. The standard InChI is InChI=1S/C6H6.Al.O.H/c1-2-4-6-5-3-1;;;/h1-6H;;;. The van der Waals surface area contributed by atoms with Crippen LogP contribution in [-0.4, -0.2) is 16.2 Å². The van der Waals surface area contributed by atoms with Gasteiger partial charge in [0, 0.05) is 0 Å². The zero-order chi connectivity index (χ0) is 6.24. The van der Waals surface area contributed by atoms with E-state index in [4.69, 9.17) is 3.80 Å². The van der Waals surface area contributed by atoms with Gasteiger partial charge in [-0.1, -0.05) is 36.4 Å². The summed E-state index contributed by atoms with van der Waals surface area (Å²) in [4.78, 5) is 0. The SMILES string of the molecule is [O]=[AlH].c1ccccc1. The summed E-state index contributed by atoms with van der Waals surface area (Å²) >= 11 is 0.611. The van der Waals surface area contributed by atoms with Gasteiger partial charge in [-0.25, -0.2) is 0 Å². The van der Waals surface area contributed by atoms with Gasteiger partial charge in [0.05, 0.1) is 0 Å². The van der Waals surface area contributed by atoms with Crippen molar-refractivity contribution in [2.75, 3.05) is 0 Å². The number of benzene rings is 1. The number of rotatable bonds is 0.